The number of para-hydroxylation sites is 1. The molecule has 4 heteroatoms. The minimum Gasteiger partial charge on any atom is -0.352 e. The Bertz CT molecular complexity index is 551. The number of rotatable bonds is 6. The Kier molecular flexibility index (Phi) is 5.33. The Morgan fingerprint density at radius 2 is 2.00 bits per heavy atom. The van der Waals surface area contributed by atoms with Crippen molar-refractivity contribution in [2.24, 2.45) is 0 Å². The van der Waals surface area contributed by atoms with Gasteiger partial charge in [0.05, 0.1) is 11.1 Å². The maximum Gasteiger partial charge on any atom is 0.253 e. The van der Waals surface area contributed by atoms with Gasteiger partial charge < -0.3 is 5.32 Å². The van der Waals surface area contributed by atoms with Crippen LogP contribution >= 0.6 is 15.9 Å². The third-order valence-electron chi connectivity index (χ3n) is 2.97. The van der Waals surface area contributed by atoms with Crippen LogP contribution in [0.3, 0.4) is 0 Å². The molecule has 0 saturated carbocycles. The van der Waals surface area contributed by atoms with Gasteiger partial charge in [0, 0.05) is 23.5 Å². The van der Waals surface area contributed by atoms with Gasteiger partial charge in [0.15, 0.2) is 0 Å². The molecular weight excluding hydrogens is 304 g/mol. The average Bonchev–Trinajstić information content (AvgIpc) is 2.46. The van der Waals surface area contributed by atoms with Crippen LogP contribution < -0.4 is 5.32 Å². The van der Waals surface area contributed by atoms with E-state index in [4.69, 9.17) is 0 Å². The van der Waals surface area contributed by atoms with Crippen molar-refractivity contribution in [2.45, 2.75) is 19.3 Å². The topological polar surface area (TPSA) is 42.0 Å². The van der Waals surface area contributed by atoms with Crippen LogP contribution in [0.1, 0.15) is 29.6 Å². The van der Waals surface area contributed by atoms with Crippen molar-refractivity contribution in [3.63, 3.8) is 0 Å². The molecule has 1 aromatic heterocycles. The quantitative estimate of drug-likeness (QED) is 0.653. The van der Waals surface area contributed by atoms with Crippen molar-refractivity contribution in [2.75, 3.05) is 11.9 Å². The van der Waals surface area contributed by atoms with Crippen LogP contribution in [0.2, 0.25) is 0 Å². The van der Waals surface area contributed by atoms with Crippen molar-refractivity contribution in [3.8, 4) is 0 Å². The number of amides is 1. The highest BCUT2D eigenvalue weighted by Crippen LogP contribution is 2.15. The summed E-state index contributed by atoms with van der Waals surface area (Å²) in [7, 11) is 0. The first-order valence-electron chi connectivity index (χ1n) is 6.51. The molecule has 0 aliphatic rings. The second-order valence-corrected chi connectivity index (χ2v) is 5.18. The van der Waals surface area contributed by atoms with E-state index in [0.29, 0.717) is 5.56 Å². The summed E-state index contributed by atoms with van der Waals surface area (Å²) in [6, 6.07) is 9.53. The van der Waals surface area contributed by atoms with Crippen molar-refractivity contribution in [1.29, 1.82) is 0 Å². The molecule has 0 bridgehead atoms. The van der Waals surface area contributed by atoms with Crippen LogP contribution in [-0.4, -0.2) is 22.8 Å². The molecule has 0 unspecified atom stereocenters. The first kappa shape index (κ1) is 14.0. The number of unbranched alkanes of at least 4 members (excludes halogenated alkanes) is 2. The zero-order chi connectivity index (χ0) is 13.5. The number of carbonyl (C=O) groups is 1. The van der Waals surface area contributed by atoms with Crippen LogP contribution in [-0.2, 0) is 0 Å². The van der Waals surface area contributed by atoms with E-state index in [-0.39, 0.29) is 5.91 Å². The van der Waals surface area contributed by atoms with E-state index in [1.807, 2.05) is 30.3 Å². The van der Waals surface area contributed by atoms with Gasteiger partial charge in [-0.1, -0.05) is 40.5 Å². The van der Waals surface area contributed by atoms with E-state index < -0.39 is 0 Å². The summed E-state index contributed by atoms with van der Waals surface area (Å²) < 4.78 is 0. The van der Waals surface area contributed by atoms with Crippen LogP contribution in [0.15, 0.2) is 36.5 Å². The summed E-state index contributed by atoms with van der Waals surface area (Å²) in [5.41, 5.74) is 1.42. The van der Waals surface area contributed by atoms with Gasteiger partial charge in [-0.25, -0.2) is 0 Å². The molecule has 1 heterocycles. The van der Waals surface area contributed by atoms with Gasteiger partial charge in [0.2, 0.25) is 0 Å². The third kappa shape index (κ3) is 3.77. The van der Waals surface area contributed by atoms with Crippen LogP contribution in [0.25, 0.3) is 10.9 Å². The fraction of sp³-hybridized carbons (Fsp3) is 0.333. The monoisotopic (exact) mass is 320 g/mol. The van der Waals surface area contributed by atoms with Gasteiger partial charge in [-0.05, 0) is 25.0 Å². The predicted molar refractivity (Wildman–Crippen MR) is 81.7 cm³/mol. The fourth-order valence-electron chi connectivity index (χ4n) is 1.98. The number of halogens is 1. The molecule has 0 aliphatic carbocycles. The summed E-state index contributed by atoms with van der Waals surface area (Å²) >= 11 is 3.40. The van der Waals surface area contributed by atoms with E-state index in [1.54, 1.807) is 6.20 Å². The highest BCUT2D eigenvalue weighted by molar-refractivity contribution is 9.09. The number of nitrogens with one attached hydrogen (secondary N) is 1. The number of pyridine rings is 1. The van der Waals surface area contributed by atoms with Crippen molar-refractivity contribution < 1.29 is 4.79 Å². The van der Waals surface area contributed by atoms with E-state index in [9.17, 15) is 4.79 Å². The number of nitrogens with zero attached hydrogens (tertiary/aromatic N) is 1. The molecule has 0 fully saturated rings. The highest BCUT2D eigenvalue weighted by atomic mass is 79.9. The van der Waals surface area contributed by atoms with Gasteiger partial charge in [0.1, 0.15) is 0 Å². The van der Waals surface area contributed by atoms with E-state index in [0.717, 1.165) is 42.0 Å². The lowest BCUT2D eigenvalue weighted by atomic mass is 10.1. The summed E-state index contributed by atoms with van der Waals surface area (Å²) in [6.07, 6.45) is 5.00. The molecule has 0 atom stereocenters. The van der Waals surface area contributed by atoms with Crippen LogP contribution in [0, 0.1) is 0 Å². The second-order valence-electron chi connectivity index (χ2n) is 4.39. The molecule has 3 nitrogen and oxygen atoms in total. The smallest absolute Gasteiger partial charge is 0.253 e. The van der Waals surface area contributed by atoms with Crippen LogP contribution in [0.4, 0.5) is 0 Å². The maximum absolute atomic E-state index is 12.1. The van der Waals surface area contributed by atoms with Crippen molar-refractivity contribution >= 4 is 32.7 Å². The van der Waals surface area contributed by atoms with Crippen molar-refractivity contribution in [1.82, 2.24) is 10.3 Å². The number of hydrogen-bond acceptors (Lipinski definition) is 2. The van der Waals surface area contributed by atoms with Gasteiger partial charge in [-0.3, -0.25) is 9.78 Å². The zero-order valence-electron chi connectivity index (χ0n) is 10.7. The number of alkyl halides is 1. The Balaban J connectivity index is 2.01. The first-order valence-corrected chi connectivity index (χ1v) is 7.63. The lowest BCUT2D eigenvalue weighted by molar-refractivity contribution is 0.0954. The van der Waals surface area contributed by atoms with E-state index in [2.05, 4.69) is 26.2 Å². The zero-order valence-corrected chi connectivity index (χ0v) is 12.3. The van der Waals surface area contributed by atoms with Gasteiger partial charge in [-0.15, -0.1) is 0 Å². The molecular formula is C15H17BrN2O. The molecule has 100 valence electrons. The van der Waals surface area contributed by atoms with Crippen LogP contribution in [0.5, 0.6) is 0 Å². The lowest BCUT2D eigenvalue weighted by Gasteiger charge is -2.07. The molecule has 2 aromatic rings. The summed E-state index contributed by atoms with van der Waals surface area (Å²) in [6.45, 7) is 0.717. The minimum absolute atomic E-state index is 0.0388. The summed E-state index contributed by atoms with van der Waals surface area (Å²) in [4.78, 5) is 16.4. The third-order valence-corrected chi connectivity index (χ3v) is 3.53. The van der Waals surface area contributed by atoms with Gasteiger partial charge >= 0.3 is 0 Å². The van der Waals surface area contributed by atoms with E-state index >= 15 is 0 Å². The molecule has 1 N–H and O–H groups in total. The number of benzene rings is 1. The second kappa shape index (κ2) is 7.24. The minimum atomic E-state index is -0.0388. The molecule has 0 saturated heterocycles. The summed E-state index contributed by atoms with van der Waals surface area (Å²) in [5, 5.41) is 4.97. The molecule has 1 amide bonds. The van der Waals surface area contributed by atoms with Gasteiger partial charge in [-0.2, -0.15) is 0 Å². The number of fused-ring (bicyclic) bond motifs is 1. The molecule has 2 rings (SSSR count). The number of hydrogen-bond donors (Lipinski definition) is 1. The molecule has 19 heavy (non-hydrogen) atoms. The highest BCUT2D eigenvalue weighted by Gasteiger charge is 2.09. The Labute approximate surface area is 121 Å². The molecule has 0 spiro atoms. The maximum atomic E-state index is 12.1. The van der Waals surface area contributed by atoms with E-state index in [1.165, 1.54) is 0 Å². The number of carbonyl (C=O) groups excluding carboxylic acids is 1. The Morgan fingerprint density at radius 1 is 1.16 bits per heavy atom. The Hall–Kier alpha value is -1.42. The average molecular weight is 321 g/mol. The molecule has 0 radical (unpaired) electrons. The summed E-state index contributed by atoms with van der Waals surface area (Å²) in [5.74, 6) is -0.0388. The standard InChI is InChI=1S/C15H17BrN2O/c16-9-2-1-3-10-18-15(19)13-8-4-6-12-7-5-11-17-14(12)13/h4-8,11H,1-3,9-10H2,(H,18,19). The van der Waals surface area contributed by atoms with Gasteiger partial charge in [0.25, 0.3) is 5.91 Å². The SMILES string of the molecule is O=C(NCCCCCBr)c1cccc2cccnc12. The molecule has 1 aromatic carbocycles. The van der Waals surface area contributed by atoms with Crippen molar-refractivity contribution in [3.05, 3.63) is 42.1 Å². The number of aromatic nitrogens is 1. The molecule has 0 aliphatic heterocycles. The normalized spacial score (nSPS) is 10.6. The fourth-order valence-corrected chi connectivity index (χ4v) is 2.38. The first-order chi connectivity index (χ1) is 9.33. The lowest BCUT2D eigenvalue weighted by Crippen LogP contribution is -2.24. The predicted octanol–water partition coefficient (Wildman–Crippen LogP) is 3.53. The largest absolute Gasteiger partial charge is 0.352 e. The Morgan fingerprint density at radius 3 is 2.84 bits per heavy atom.